The molecule has 2 aliphatic carbocycles. The molecule has 0 saturated heterocycles. The lowest BCUT2D eigenvalue weighted by Gasteiger charge is -2.25. The van der Waals surface area contributed by atoms with Gasteiger partial charge in [0.2, 0.25) is 0 Å². The van der Waals surface area contributed by atoms with E-state index in [2.05, 4.69) is 5.10 Å². The highest BCUT2D eigenvalue weighted by Gasteiger charge is 2.36. The van der Waals surface area contributed by atoms with Crippen LogP contribution in [0, 0.1) is 5.92 Å². The number of aromatic amines is 1. The summed E-state index contributed by atoms with van der Waals surface area (Å²) in [6.45, 7) is 0. The van der Waals surface area contributed by atoms with E-state index in [9.17, 15) is 18.0 Å². The van der Waals surface area contributed by atoms with E-state index in [4.69, 9.17) is 0 Å². The lowest BCUT2D eigenvalue weighted by Crippen LogP contribution is -2.21. The molecule has 2 aliphatic rings. The van der Waals surface area contributed by atoms with Crippen molar-refractivity contribution >= 4 is 0 Å². The fourth-order valence-electron chi connectivity index (χ4n) is 3.41. The van der Waals surface area contributed by atoms with Crippen LogP contribution >= 0.6 is 0 Å². The van der Waals surface area contributed by atoms with Crippen LogP contribution in [0.15, 0.2) is 29.1 Å². The highest BCUT2D eigenvalue weighted by atomic mass is 19.4. The van der Waals surface area contributed by atoms with Crippen molar-refractivity contribution in [1.82, 2.24) is 9.78 Å². The Morgan fingerprint density at radius 2 is 1.83 bits per heavy atom. The van der Waals surface area contributed by atoms with Crippen molar-refractivity contribution in [3.8, 4) is 5.69 Å². The quantitative estimate of drug-likeness (QED) is 0.883. The first-order chi connectivity index (χ1) is 11.4. The molecular formula is C18H19F3N2O. The molecule has 24 heavy (non-hydrogen) atoms. The average Bonchev–Trinajstić information content (AvgIpc) is 3.24. The van der Waals surface area contributed by atoms with Gasteiger partial charge in [0.15, 0.2) is 0 Å². The van der Waals surface area contributed by atoms with Gasteiger partial charge in [-0.15, -0.1) is 0 Å². The molecule has 1 aromatic heterocycles. The lowest BCUT2D eigenvalue weighted by molar-refractivity contribution is -0.137. The van der Waals surface area contributed by atoms with Crippen molar-refractivity contribution in [2.24, 2.45) is 5.92 Å². The van der Waals surface area contributed by atoms with Gasteiger partial charge in [-0.25, -0.2) is 4.68 Å². The molecule has 128 valence electrons. The number of hydrogen-bond donors (Lipinski definition) is 1. The molecule has 2 saturated carbocycles. The summed E-state index contributed by atoms with van der Waals surface area (Å²) in [6, 6.07) is 5.25. The number of nitrogens with zero attached hydrogens (tertiary/aromatic N) is 1. The number of rotatable bonds is 4. The molecule has 2 aromatic rings. The first-order valence-corrected chi connectivity index (χ1v) is 8.45. The van der Waals surface area contributed by atoms with Gasteiger partial charge < -0.3 is 0 Å². The molecule has 4 rings (SSSR count). The summed E-state index contributed by atoms with van der Waals surface area (Å²) in [6.07, 6.45) is 1.51. The molecular weight excluding hydrogens is 317 g/mol. The Morgan fingerprint density at radius 3 is 2.42 bits per heavy atom. The van der Waals surface area contributed by atoms with Crippen LogP contribution in [-0.2, 0) is 12.6 Å². The molecule has 1 aromatic carbocycles. The van der Waals surface area contributed by atoms with Crippen LogP contribution < -0.4 is 5.56 Å². The van der Waals surface area contributed by atoms with Crippen LogP contribution in [-0.4, -0.2) is 9.78 Å². The fourth-order valence-corrected chi connectivity index (χ4v) is 3.41. The topological polar surface area (TPSA) is 37.8 Å². The van der Waals surface area contributed by atoms with Gasteiger partial charge in [-0.05, 0) is 50.2 Å². The van der Waals surface area contributed by atoms with E-state index in [0.717, 1.165) is 48.5 Å². The lowest BCUT2D eigenvalue weighted by atomic mass is 9.81. The zero-order valence-electron chi connectivity index (χ0n) is 13.2. The zero-order chi connectivity index (χ0) is 16.9. The van der Waals surface area contributed by atoms with E-state index in [0.29, 0.717) is 17.9 Å². The summed E-state index contributed by atoms with van der Waals surface area (Å²) in [5, 5.41) is 3.02. The zero-order valence-corrected chi connectivity index (χ0v) is 13.2. The number of aromatic nitrogens is 2. The van der Waals surface area contributed by atoms with E-state index in [1.807, 2.05) is 0 Å². The Morgan fingerprint density at radius 1 is 1.12 bits per heavy atom. The van der Waals surface area contributed by atoms with Crippen molar-refractivity contribution in [1.29, 1.82) is 0 Å². The molecule has 0 spiro atoms. The van der Waals surface area contributed by atoms with Gasteiger partial charge in [-0.3, -0.25) is 9.89 Å². The molecule has 0 aliphatic heterocycles. The largest absolute Gasteiger partial charge is 0.418 e. The smallest absolute Gasteiger partial charge is 0.294 e. The second kappa shape index (κ2) is 5.53. The minimum Gasteiger partial charge on any atom is -0.294 e. The third-order valence-electron chi connectivity index (χ3n) is 5.17. The predicted molar refractivity (Wildman–Crippen MR) is 84.4 cm³/mol. The molecule has 0 atom stereocenters. The van der Waals surface area contributed by atoms with Gasteiger partial charge in [0.25, 0.3) is 5.56 Å². The molecule has 0 radical (unpaired) electrons. The third kappa shape index (κ3) is 2.68. The number of nitrogens with one attached hydrogen (secondary N) is 1. The van der Waals surface area contributed by atoms with Crippen LogP contribution in [0.2, 0.25) is 0 Å². The summed E-state index contributed by atoms with van der Waals surface area (Å²) in [4.78, 5) is 12.8. The normalized spacial score (nSPS) is 18.6. The van der Waals surface area contributed by atoms with Crippen molar-refractivity contribution < 1.29 is 13.2 Å². The third-order valence-corrected chi connectivity index (χ3v) is 5.17. The maximum absolute atomic E-state index is 13.3. The molecule has 0 unspecified atom stereocenters. The monoisotopic (exact) mass is 336 g/mol. The first kappa shape index (κ1) is 15.5. The SMILES string of the molecule is O=c1c(CC2CC2)c(C2CCC2)[nH]n1-c1ccccc1C(F)(F)F. The molecule has 0 bridgehead atoms. The van der Waals surface area contributed by atoms with Crippen molar-refractivity contribution in [3.05, 3.63) is 51.4 Å². The number of para-hydroxylation sites is 1. The Bertz CT molecular complexity index is 810. The summed E-state index contributed by atoms with van der Waals surface area (Å²) in [7, 11) is 0. The summed E-state index contributed by atoms with van der Waals surface area (Å²) in [5.74, 6) is 0.796. The van der Waals surface area contributed by atoms with Crippen LogP contribution in [0.4, 0.5) is 13.2 Å². The van der Waals surface area contributed by atoms with Gasteiger partial charge >= 0.3 is 6.18 Å². The summed E-state index contributed by atoms with van der Waals surface area (Å²) >= 11 is 0. The second-order valence-corrected chi connectivity index (χ2v) is 6.93. The number of alkyl halides is 3. The molecule has 2 fully saturated rings. The fraction of sp³-hybridized carbons (Fsp3) is 0.500. The predicted octanol–water partition coefficient (Wildman–Crippen LogP) is 4.40. The van der Waals surface area contributed by atoms with Gasteiger partial charge in [-0.1, -0.05) is 18.6 Å². The van der Waals surface area contributed by atoms with Crippen molar-refractivity contribution in [2.75, 3.05) is 0 Å². The van der Waals surface area contributed by atoms with E-state index in [1.54, 1.807) is 0 Å². The first-order valence-electron chi connectivity index (χ1n) is 8.45. The molecule has 0 amide bonds. The standard InChI is InChI=1S/C18H19F3N2O/c19-18(20,21)14-6-1-2-7-15(14)23-17(24)13(10-11-8-9-11)16(22-23)12-4-3-5-12/h1-2,6-7,11-12,22H,3-5,8-10H2. The molecule has 1 heterocycles. The van der Waals surface area contributed by atoms with Gasteiger partial charge in [0, 0.05) is 17.2 Å². The summed E-state index contributed by atoms with van der Waals surface area (Å²) < 4.78 is 41.0. The molecule has 3 nitrogen and oxygen atoms in total. The Balaban J connectivity index is 1.84. The Kier molecular flexibility index (Phi) is 3.58. The molecule has 6 heteroatoms. The Labute approximate surface area is 137 Å². The van der Waals surface area contributed by atoms with E-state index in [1.165, 1.54) is 18.2 Å². The average molecular weight is 336 g/mol. The van der Waals surface area contributed by atoms with Crippen LogP contribution in [0.3, 0.4) is 0 Å². The number of H-pyrrole nitrogens is 1. The number of hydrogen-bond acceptors (Lipinski definition) is 1. The second-order valence-electron chi connectivity index (χ2n) is 6.93. The number of halogens is 3. The van der Waals surface area contributed by atoms with Crippen molar-refractivity contribution in [2.45, 2.75) is 50.6 Å². The minimum atomic E-state index is -4.49. The van der Waals surface area contributed by atoms with E-state index < -0.39 is 11.7 Å². The van der Waals surface area contributed by atoms with Gasteiger partial charge in [0.05, 0.1) is 11.3 Å². The van der Waals surface area contributed by atoms with E-state index >= 15 is 0 Å². The number of benzene rings is 1. The maximum atomic E-state index is 13.3. The van der Waals surface area contributed by atoms with Crippen LogP contribution in [0.25, 0.3) is 5.69 Å². The maximum Gasteiger partial charge on any atom is 0.418 e. The van der Waals surface area contributed by atoms with Crippen LogP contribution in [0.5, 0.6) is 0 Å². The highest BCUT2D eigenvalue weighted by Crippen LogP contribution is 2.40. The van der Waals surface area contributed by atoms with Gasteiger partial charge in [-0.2, -0.15) is 13.2 Å². The van der Waals surface area contributed by atoms with Crippen molar-refractivity contribution in [3.63, 3.8) is 0 Å². The summed E-state index contributed by atoms with van der Waals surface area (Å²) in [5.41, 5.74) is 0.332. The molecule has 1 N–H and O–H groups in total. The minimum absolute atomic E-state index is 0.113. The van der Waals surface area contributed by atoms with E-state index in [-0.39, 0.29) is 17.2 Å². The highest BCUT2D eigenvalue weighted by molar-refractivity contribution is 5.43. The van der Waals surface area contributed by atoms with Gasteiger partial charge in [0.1, 0.15) is 0 Å². The van der Waals surface area contributed by atoms with Crippen LogP contribution in [0.1, 0.15) is 54.8 Å². The Hall–Kier alpha value is -1.98.